The average Bonchev–Trinajstić information content (AvgIpc) is 3.20. The molecule has 0 N–H and O–H groups in total. The molecule has 0 amide bonds. The second-order valence-electron chi connectivity index (χ2n) is 10.9. The summed E-state index contributed by atoms with van der Waals surface area (Å²) in [5, 5.41) is 0.503. The van der Waals surface area contributed by atoms with Crippen LogP contribution in [0.3, 0.4) is 0 Å². The van der Waals surface area contributed by atoms with E-state index in [2.05, 4.69) is 33.1 Å². The molecule has 0 heterocycles. The van der Waals surface area contributed by atoms with Crippen LogP contribution in [0.25, 0.3) is 0 Å². The quantitative estimate of drug-likeness (QED) is 0.313. The highest BCUT2D eigenvalue weighted by atomic mass is 35.5. The summed E-state index contributed by atoms with van der Waals surface area (Å²) in [5.41, 5.74) is 2.22. The van der Waals surface area contributed by atoms with E-state index in [0.29, 0.717) is 5.38 Å². The van der Waals surface area contributed by atoms with E-state index in [4.69, 9.17) is 11.6 Å². The van der Waals surface area contributed by atoms with Crippen molar-refractivity contribution in [1.29, 1.82) is 0 Å². The predicted octanol–water partition coefficient (Wildman–Crippen LogP) is 8.03. The zero-order valence-corrected chi connectivity index (χ0v) is 20.4. The highest BCUT2D eigenvalue weighted by molar-refractivity contribution is 7.41. The highest BCUT2D eigenvalue weighted by Crippen LogP contribution is 2.58. The molecule has 3 aliphatic carbocycles. The van der Waals surface area contributed by atoms with E-state index in [9.17, 15) is 0 Å². The minimum atomic E-state index is -1.18. The maximum atomic E-state index is 6.77. The van der Waals surface area contributed by atoms with Gasteiger partial charge in [-0.15, -0.1) is 11.6 Å². The Labute approximate surface area is 164 Å². The Morgan fingerprint density at radius 3 is 2.32 bits per heavy atom. The number of fused-ring (bicyclic) bond motifs is 1. The molecule has 6 atom stereocenters. The minimum absolute atomic E-state index is 0.503. The molecule has 0 spiro atoms. The Balaban J connectivity index is 1.70. The van der Waals surface area contributed by atoms with Crippen LogP contribution >= 0.6 is 11.6 Å². The average molecular weight is 399 g/mol. The molecule has 0 aromatic heterocycles. The zero-order valence-electron chi connectivity index (χ0n) is 17.6. The molecule has 0 saturated heterocycles. The molecule has 3 aliphatic rings. The molecule has 25 heavy (non-hydrogen) atoms. The summed E-state index contributed by atoms with van der Waals surface area (Å²) in [6.45, 7) is 13.6. The number of hydrogen-bond donors (Lipinski definition) is 0. The number of unbranched alkanes of at least 4 members (excludes halogenated alkanes) is 1. The van der Waals surface area contributed by atoms with Gasteiger partial charge in [-0.05, 0) is 41.7 Å². The molecule has 0 nitrogen and oxygen atoms in total. The van der Waals surface area contributed by atoms with Crippen molar-refractivity contribution >= 4 is 26.8 Å². The first kappa shape index (κ1) is 20.5. The normalized spacial score (nSPS) is 39.6. The van der Waals surface area contributed by atoms with Gasteiger partial charge in [0, 0.05) is 20.6 Å². The summed E-state index contributed by atoms with van der Waals surface area (Å²) < 4.78 is 0. The molecule has 0 aliphatic heterocycles. The van der Waals surface area contributed by atoms with Gasteiger partial charge in [-0.2, -0.15) is 0 Å². The van der Waals surface area contributed by atoms with Crippen LogP contribution in [0.4, 0.5) is 0 Å². The van der Waals surface area contributed by atoms with Crippen LogP contribution in [-0.4, -0.2) is 20.6 Å². The lowest BCUT2D eigenvalue weighted by atomic mass is 9.81. The third kappa shape index (κ3) is 3.83. The minimum Gasteiger partial charge on any atom is -0.123 e. The first-order valence-corrected chi connectivity index (χ1v) is 19.0. The van der Waals surface area contributed by atoms with Crippen LogP contribution in [0.2, 0.25) is 37.3 Å². The lowest BCUT2D eigenvalue weighted by Gasteiger charge is -2.50. The third-order valence-corrected chi connectivity index (χ3v) is 30.8. The Bertz CT molecular complexity index is 447. The van der Waals surface area contributed by atoms with Crippen molar-refractivity contribution in [2.75, 3.05) is 0 Å². The Kier molecular flexibility index (Phi) is 6.54. The second-order valence-corrected chi connectivity index (χ2v) is 27.7. The van der Waals surface area contributed by atoms with Crippen LogP contribution in [0.15, 0.2) is 0 Å². The van der Waals surface area contributed by atoms with Crippen LogP contribution in [0, 0.1) is 17.8 Å². The maximum absolute atomic E-state index is 6.77. The summed E-state index contributed by atoms with van der Waals surface area (Å²) in [6, 6.07) is 0. The van der Waals surface area contributed by atoms with Crippen molar-refractivity contribution in [1.82, 2.24) is 0 Å². The number of alkyl halides is 1. The van der Waals surface area contributed by atoms with Gasteiger partial charge < -0.3 is 0 Å². The first-order chi connectivity index (χ1) is 11.8. The summed E-state index contributed by atoms with van der Waals surface area (Å²) in [6.07, 6.45) is 16.3. The Morgan fingerprint density at radius 2 is 1.60 bits per heavy atom. The first-order valence-electron chi connectivity index (χ1n) is 11.4. The van der Waals surface area contributed by atoms with Gasteiger partial charge in [-0.1, -0.05) is 90.9 Å². The number of hydrogen-bond acceptors (Lipinski definition) is 0. The van der Waals surface area contributed by atoms with E-state index in [0.717, 1.165) is 28.8 Å². The van der Waals surface area contributed by atoms with E-state index in [1.54, 1.807) is 19.3 Å². The largest absolute Gasteiger partial charge is 0.123 e. The van der Waals surface area contributed by atoms with Gasteiger partial charge in [0.1, 0.15) is 0 Å². The molecule has 6 unspecified atom stereocenters. The molecule has 146 valence electrons. The smallest absolute Gasteiger partial charge is 0.0448 e. The van der Waals surface area contributed by atoms with E-state index in [1.165, 1.54) is 51.4 Å². The van der Waals surface area contributed by atoms with Gasteiger partial charge in [0.15, 0.2) is 0 Å². The van der Waals surface area contributed by atoms with Crippen molar-refractivity contribution in [3.05, 3.63) is 0 Å². The van der Waals surface area contributed by atoms with Crippen molar-refractivity contribution in [2.24, 2.45) is 17.8 Å². The van der Waals surface area contributed by atoms with E-state index < -0.39 is 15.2 Å². The fourth-order valence-electron chi connectivity index (χ4n) is 7.11. The Morgan fingerprint density at radius 1 is 0.840 bits per heavy atom. The molecule has 0 radical (unpaired) electrons. The molecular formula is C22H43ClSi2. The number of halogens is 1. The van der Waals surface area contributed by atoms with Crippen LogP contribution in [0.5, 0.6) is 0 Å². The summed E-state index contributed by atoms with van der Waals surface area (Å²) >= 11 is 6.77. The van der Waals surface area contributed by atoms with E-state index in [1.807, 2.05) is 0 Å². The van der Waals surface area contributed by atoms with Gasteiger partial charge >= 0.3 is 0 Å². The van der Waals surface area contributed by atoms with Crippen molar-refractivity contribution in [3.8, 4) is 0 Å². The molecular weight excluding hydrogens is 356 g/mol. The monoisotopic (exact) mass is 398 g/mol. The predicted molar refractivity (Wildman–Crippen MR) is 119 cm³/mol. The summed E-state index contributed by atoms with van der Waals surface area (Å²) in [7, 11) is -2.33. The summed E-state index contributed by atoms with van der Waals surface area (Å²) in [5.74, 6) is 2.94. The lowest BCUT2D eigenvalue weighted by Crippen LogP contribution is -2.61. The van der Waals surface area contributed by atoms with Gasteiger partial charge in [0.2, 0.25) is 0 Å². The third-order valence-electron chi connectivity index (χ3n) is 9.48. The van der Waals surface area contributed by atoms with E-state index in [-0.39, 0.29) is 0 Å². The molecule has 0 bridgehead atoms. The Hall–Kier alpha value is 0.724. The van der Waals surface area contributed by atoms with Crippen LogP contribution in [-0.2, 0) is 0 Å². The molecule has 0 aromatic carbocycles. The van der Waals surface area contributed by atoms with Crippen molar-refractivity contribution in [3.63, 3.8) is 0 Å². The van der Waals surface area contributed by atoms with Crippen LogP contribution in [0.1, 0.15) is 77.6 Å². The molecule has 3 heteroatoms. The second kappa shape index (κ2) is 7.99. The lowest BCUT2D eigenvalue weighted by molar-refractivity contribution is 0.281. The fraction of sp³-hybridized carbons (Fsp3) is 1.00. The molecule has 0 aromatic rings. The SMILES string of the molecule is CCCCC1CCC([Si](C)(C)[Si](C)(C)C2CCC3C(Cl)CCCC32)C1. The topological polar surface area (TPSA) is 0 Å². The standard InChI is InChI=1S/C22H43ClSi2/c1-6-7-9-17-12-13-18(16-17)24(2,3)25(4,5)22-15-14-19-20(22)10-8-11-21(19)23/h17-22H,6-16H2,1-5H3. The van der Waals surface area contributed by atoms with Gasteiger partial charge in [-0.3, -0.25) is 0 Å². The number of rotatable bonds is 6. The van der Waals surface area contributed by atoms with E-state index >= 15 is 0 Å². The van der Waals surface area contributed by atoms with Gasteiger partial charge in [-0.25, -0.2) is 0 Å². The van der Waals surface area contributed by atoms with Gasteiger partial charge in [0.05, 0.1) is 0 Å². The van der Waals surface area contributed by atoms with Gasteiger partial charge in [0.25, 0.3) is 0 Å². The summed E-state index contributed by atoms with van der Waals surface area (Å²) in [4.78, 5) is 0. The molecule has 3 saturated carbocycles. The van der Waals surface area contributed by atoms with Crippen molar-refractivity contribution < 1.29 is 0 Å². The molecule has 3 fully saturated rings. The van der Waals surface area contributed by atoms with Crippen molar-refractivity contribution in [2.45, 2.75) is 120 Å². The maximum Gasteiger partial charge on any atom is 0.0448 e. The molecule has 3 rings (SSSR count). The fourth-order valence-corrected chi connectivity index (χ4v) is 21.7. The highest BCUT2D eigenvalue weighted by Gasteiger charge is 2.56. The van der Waals surface area contributed by atoms with Crippen LogP contribution < -0.4 is 0 Å². The zero-order chi connectivity index (χ0) is 18.2.